The normalized spacial score (nSPS) is 11.5. The Hall–Kier alpha value is -1.31. The zero-order chi connectivity index (χ0) is 15.3. The highest BCUT2D eigenvalue weighted by Gasteiger charge is 2.29. The zero-order valence-corrected chi connectivity index (χ0v) is 13.8. The molecule has 0 aliphatic rings. The summed E-state index contributed by atoms with van der Waals surface area (Å²) in [6.07, 6.45) is 2.16. The molecule has 20 heavy (non-hydrogen) atoms. The van der Waals surface area contributed by atoms with Gasteiger partial charge in [-0.3, -0.25) is 4.79 Å². The van der Waals surface area contributed by atoms with Gasteiger partial charge in [0.15, 0.2) is 0 Å². The van der Waals surface area contributed by atoms with Crippen molar-refractivity contribution in [3.05, 3.63) is 28.8 Å². The lowest BCUT2D eigenvalue weighted by Gasteiger charge is -2.29. The number of carbonyl (C=O) groups excluding carboxylic acids is 1. The molecule has 0 atom stereocenters. The molecule has 112 valence electrons. The van der Waals surface area contributed by atoms with Crippen molar-refractivity contribution < 1.29 is 9.53 Å². The third-order valence-electron chi connectivity index (χ3n) is 3.59. The highest BCUT2D eigenvalue weighted by atomic mass is 16.5. The lowest BCUT2D eigenvalue weighted by molar-refractivity contribution is -0.120. The van der Waals surface area contributed by atoms with Crippen molar-refractivity contribution in [3.63, 3.8) is 0 Å². The highest BCUT2D eigenvalue weighted by Crippen LogP contribution is 2.38. The van der Waals surface area contributed by atoms with Crippen LogP contribution in [-0.2, 0) is 10.2 Å². The number of rotatable bonds is 7. The van der Waals surface area contributed by atoms with E-state index < -0.39 is 0 Å². The minimum Gasteiger partial charge on any atom is -0.494 e. The van der Waals surface area contributed by atoms with Crippen LogP contribution in [0.25, 0.3) is 0 Å². The monoisotopic (exact) mass is 276 g/mol. The van der Waals surface area contributed by atoms with Gasteiger partial charge in [-0.2, -0.15) is 0 Å². The average Bonchev–Trinajstić information content (AvgIpc) is 2.26. The van der Waals surface area contributed by atoms with Crippen molar-refractivity contribution in [3.8, 4) is 5.75 Å². The van der Waals surface area contributed by atoms with E-state index in [0.29, 0.717) is 25.2 Å². The SMILES string of the molecule is CCCC(=O)CC(C)(C)c1c(C)cc(C)cc1OCC. The van der Waals surface area contributed by atoms with E-state index in [1.807, 2.05) is 13.8 Å². The molecule has 0 heterocycles. The molecule has 0 aliphatic carbocycles. The number of ketones is 1. The van der Waals surface area contributed by atoms with Gasteiger partial charge in [0.05, 0.1) is 6.61 Å². The molecule has 0 saturated carbocycles. The van der Waals surface area contributed by atoms with Crippen LogP contribution < -0.4 is 4.74 Å². The first-order valence-corrected chi connectivity index (χ1v) is 7.58. The molecule has 2 heteroatoms. The topological polar surface area (TPSA) is 26.3 Å². The van der Waals surface area contributed by atoms with Gasteiger partial charge in [-0.1, -0.05) is 26.8 Å². The summed E-state index contributed by atoms with van der Waals surface area (Å²) >= 11 is 0. The molecule has 0 aromatic heterocycles. The van der Waals surface area contributed by atoms with Gasteiger partial charge in [-0.25, -0.2) is 0 Å². The smallest absolute Gasteiger partial charge is 0.133 e. The molecular weight excluding hydrogens is 248 g/mol. The molecule has 0 N–H and O–H groups in total. The average molecular weight is 276 g/mol. The summed E-state index contributed by atoms with van der Waals surface area (Å²) in [5.74, 6) is 1.26. The van der Waals surface area contributed by atoms with Crippen LogP contribution in [0.1, 0.15) is 63.6 Å². The predicted molar refractivity (Wildman–Crippen MR) is 84.6 cm³/mol. The molecule has 0 radical (unpaired) electrons. The van der Waals surface area contributed by atoms with Gasteiger partial charge in [-0.15, -0.1) is 0 Å². The Morgan fingerprint density at radius 1 is 1.20 bits per heavy atom. The van der Waals surface area contributed by atoms with Gasteiger partial charge in [0.1, 0.15) is 11.5 Å². The molecule has 0 amide bonds. The largest absolute Gasteiger partial charge is 0.494 e. The molecular formula is C18H28O2. The summed E-state index contributed by atoms with van der Waals surface area (Å²) in [7, 11) is 0. The van der Waals surface area contributed by atoms with Gasteiger partial charge >= 0.3 is 0 Å². The second kappa shape index (κ2) is 6.92. The fraction of sp³-hybridized carbons (Fsp3) is 0.611. The molecule has 2 nitrogen and oxygen atoms in total. The van der Waals surface area contributed by atoms with E-state index in [2.05, 4.69) is 39.8 Å². The zero-order valence-electron chi connectivity index (χ0n) is 13.8. The van der Waals surface area contributed by atoms with Crippen molar-refractivity contribution >= 4 is 5.78 Å². The number of ether oxygens (including phenoxy) is 1. The minimum atomic E-state index is -0.186. The Labute approximate surface area is 123 Å². The number of carbonyl (C=O) groups is 1. The number of Topliss-reactive ketones (excluding diaryl/α,β-unsaturated/α-hetero) is 1. The first-order chi connectivity index (χ1) is 9.31. The number of aryl methyl sites for hydroxylation is 2. The molecule has 0 saturated heterocycles. The predicted octanol–water partition coefficient (Wildman–Crippen LogP) is 4.74. The van der Waals surface area contributed by atoms with Crippen LogP contribution in [0.3, 0.4) is 0 Å². The van der Waals surface area contributed by atoms with E-state index in [-0.39, 0.29) is 5.41 Å². The first-order valence-electron chi connectivity index (χ1n) is 7.58. The number of hydrogen-bond acceptors (Lipinski definition) is 2. The minimum absolute atomic E-state index is 0.186. The van der Waals surface area contributed by atoms with E-state index in [1.54, 1.807) is 0 Å². The van der Waals surface area contributed by atoms with E-state index in [9.17, 15) is 4.79 Å². The van der Waals surface area contributed by atoms with Gasteiger partial charge in [0, 0.05) is 23.8 Å². The molecule has 0 unspecified atom stereocenters. The quantitative estimate of drug-likeness (QED) is 0.719. The molecule has 1 rings (SSSR count). The van der Waals surface area contributed by atoms with Crippen LogP contribution in [0.15, 0.2) is 12.1 Å². The van der Waals surface area contributed by atoms with Gasteiger partial charge in [-0.05, 0) is 44.4 Å². The maximum atomic E-state index is 12.0. The Balaban J connectivity index is 3.18. The summed E-state index contributed by atoms with van der Waals surface area (Å²) < 4.78 is 5.82. The van der Waals surface area contributed by atoms with Crippen molar-refractivity contribution in [1.29, 1.82) is 0 Å². The lowest BCUT2D eigenvalue weighted by Crippen LogP contribution is -2.24. The van der Waals surface area contributed by atoms with Crippen molar-refractivity contribution in [2.24, 2.45) is 0 Å². The van der Waals surface area contributed by atoms with Crippen molar-refractivity contribution in [2.75, 3.05) is 6.61 Å². The second-order valence-electron chi connectivity index (χ2n) is 6.24. The van der Waals surface area contributed by atoms with Gasteiger partial charge in [0.2, 0.25) is 0 Å². The standard InChI is InChI=1S/C18H28O2/c1-7-9-15(19)12-18(5,6)17-14(4)10-13(3)11-16(17)20-8-2/h10-11H,7-9,12H2,1-6H3. The molecule has 0 aliphatic heterocycles. The molecule has 0 fully saturated rings. The fourth-order valence-electron chi connectivity index (χ4n) is 3.01. The first kappa shape index (κ1) is 16.7. The molecule has 1 aromatic carbocycles. The second-order valence-corrected chi connectivity index (χ2v) is 6.24. The van der Waals surface area contributed by atoms with Crippen LogP contribution in [0, 0.1) is 13.8 Å². The summed E-state index contributed by atoms with van der Waals surface area (Å²) in [5, 5.41) is 0. The van der Waals surface area contributed by atoms with Gasteiger partial charge in [0.25, 0.3) is 0 Å². The Kier molecular flexibility index (Phi) is 5.79. The van der Waals surface area contributed by atoms with Crippen molar-refractivity contribution in [2.45, 2.75) is 66.2 Å². The Morgan fingerprint density at radius 2 is 1.85 bits per heavy atom. The maximum absolute atomic E-state index is 12.0. The maximum Gasteiger partial charge on any atom is 0.133 e. The van der Waals surface area contributed by atoms with E-state index in [0.717, 1.165) is 12.2 Å². The number of hydrogen-bond donors (Lipinski definition) is 0. The molecule has 1 aromatic rings. The fourth-order valence-corrected chi connectivity index (χ4v) is 3.01. The molecule has 0 spiro atoms. The summed E-state index contributed by atoms with van der Waals surface area (Å²) in [6.45, 7) is 13.2. The summed E-state index contributed by atoms with van der Waals surface area (Å²) in [5.41, 5.74) is 3.40. The highest BCUT2D eigenvalue weighted by molar-refractivity contribution is 5.80. The van der Waals surface area contributed by atoms with Crippen LogP contribution in [0.5, 0.6) is 5.75 Å². The Bertz CT molecular complexity index is 473. The van der Waals surface area contributed by atoms with E-state index >= 15 is 0 Å². The van der Waals surface area contributed by atoms with Crippen LogP contribution in [0.2, 0.25) is 0 Å². The van der Waals surface area contributed by atoms with Crippen LogP contribution >= 0.6 is 0 Å². The summed E-state index contributed by atoms with van der Waals surface area (Å²) in [6, 6.07) is 4.25. The van der Waals surface area contributed by atoms with E-state index in [4.69, 9.17) is 4.74 Å². The van der Waals surface area contributed by atoms with E-state index in [1.165, 1.54) is 16.7 Å². The third-order valence-corrected chi connectivity index (χ3v) is 3.59. The number of benzene rings is 1. The van der Waals surface area contributed by atoms with Gasteiger partial charge < -0.3 is 4.74 Å². The summed E-state index contributed by atoms with van der Waals surface area (Å²) in [4.78, 5) is 12.0. The van der Waals surface area contributed by atoms with Crippen LogP contribution in [0.4, 0.5) is 0 Å². The molecule has 0 bridgehead atoms. The lowest BCUT2D eigenvalue weighted by atomic mass is 9.76. The third kappa shape index (κ3) is 4.09. The Morgan fingerprint density at radius 3 is 2.40 bits per heavy atom. The van der Waals surface area contributed by atoms with Crippen LogP contribution in [-0.4, -0.2) is 12.4 Å². The van der Waals surface area contributed by atoms with Crippen molar-refractivity contribution in [1.82, 2.24) is 0 Å².